The number of hydrogen-bond acceptors (Lipinski definition) is 4. The number of thioether (sulfide) groups is 1. The van der Waals surface area contributed by atoms with Gasteiger partial charge < -0.3 is 9.47 Å². The Labute approximate surface area is 174 Å². The van der Waals surface area contributed by atoms with Gasteiger partial charge in [0.1, 0.15) is 11.9 Å². The molecule has 1 aliphatic carbocycles. The Kier molecular flexibility index (Phi) is 5.76. The number of benzene rings is 1. The fraction of sp³-hybridized carbons (Fsp3) is 0.500. The number of hydrogen-bond donors (Lipinski definition) is 0. The zero-order valence-corrected chi connectivity index (χ0v) is 17.7. The van der Waals surface area contributed by atoms with Gasteiger partial charge in [0.15, 0.2) is 5.16 Å². The molecular weight excluding hydrogens is 389 g/mol. The van der Waals surface area contributed by atoms with Gasteiger partial charge in [-0.05, 0) is 49.3 Å². The summed E-state index contributed by atoms with van der Waals surface area (Å²) in [7, 11) is 0. The fourth-order valence-corrected chi connectivity index (χ4v) is 5.30. The van der Waals surface area contributed by atoms with Crippen LogP contribution in [0.15, 0.2) is 34.2 Å². The molecule has 2 aromatic rings. The lowest BCUT2D eigenvalue weighted by atomic mass is 10.2. The van der Waals surface area contributed by atoms with Crippen LogP contribution in [-0.4, -0.2) is 33.4 Å². The SMILES string of the molecule is CC(C)CN1CCC(n2c(SCc3ccc(F)cc3)nc(=O)c3c2CCC3)C1=O. The van der Waals surface area contributed by atoms with E-state index < -0.39 is 0 Å². The largest absolute Gasteiger partial charge is 0.341 e. The molecule has 1 aliphatic heterocycles. The summed E-state index contributed by atoms with van der Waals surface area (Å²) < 4.78 is 15.2. The normalized spacial score (nSPS) is 18.7. The molecule has 1 unspecified atom stereocenters. The van der Waals surface area contributed by atoms with E-state index in [9.17, 15) is 14.0 Å². The Morgan fingerprint density at radius 2 is 1.97 bits per heavy atom. The van der Waals surface area contributed by atoms with Crippen LogP contribution in [0, 0.1) is 11.7 Å². The summed E-state index contributed by atoms with van der Waals surface area (Å²) in [6, 6.07) is 6.06. The van der Waals surface area contributed by atoms with Crippen molar-refractivity contribution in [1.29, 1.82) is 0 Å². The van der Waals surface area contributed by atoms with Gasteiger partial charge in [-0.2, -0.15) is 4.98 Å². The quantitative estimate of drug-likeness (QED) is 0.534. The number of carbonyl (C=O) groups is 1. The van der Waals surface area contributed by atoms with Crippen LogP contribution in [0.5, 0.6) is 0 Å². The summed E-state index contributed by atoms with van der Waals surface area (Å²) >= 11 is 1.45. The van der Waals surface area contributed by atoms with E-state index in [1.54, 1.807) is 12.1 Å². The Morgan fingerprint density at radius 3 is 2.69 bits per heavy atom. The molecule has 0 radical (unpaired) electrons. The van der Waals surface area contributed by atoms with Crippen LogP contribution >= 0.6 is 11.8 Å². The number of fused-ring (bicyclic) bond motifs is 1. The highest BCUT2D eigenvalue weighted by molar-refractivity contribution is 7.98. The van der Waals surface area contributed by atoms with Crippen molar-refractivity contribution in [2.45, 2.75) is 56.5 Å². The minimum Gasteiger partial charge on any atom is -0.341 e. The number of carbonyl (C=O) groups excluding carboxylic acids is 1. The van der Waals surface area contributed by atoms with Gasteiger partial charge in [0.25, 0.3) is 5.56 Å². The third-order valence-corrected chi connectivity index (χ3v) is 6.61. The zero-order valence-electron chi connectivity index (χ0n) is 16.9. The van der Waals surface area contributed by atoms with Crippen LogP contribution in [0.25, 0.3) is 0 Å². The van der Waals surface area contributed by atoms with Gasteiger partial charge in [0.2, 0.25) is 5.91 Å². The van der Waals surface area contributed by atoms with Gasteiger partial charge in [-0.1, -0.05) is 37.7 Å². The van der Waals surface area contributed by atoms with Crippen LogP contribution in [0.4, 0.5) is 4.39 Å². The lowest BCUT2D eigenvalue weighted by Crippen LogP contribution is -2.33. The van der Waals surface area contributed by atoms with E-state index in [4.69, 9.17) is 0 Å². The second-order valence-electron chi connectivity index (χ2n) is 8.25. The molecule has 7 heteroatoms. The van der Waals surface area contributed by atoms with Crippen molar-refractivity contribution >= 4 is 17.7 Å². The molecule has 1 saturated heterocycles. The van der Waals surface area contributed by atoms with Gasteiger partial charge in [-0.3, -0.25) is 9.59 Å². The first-order chi connectivity index (χ1) is 13.9. The highest BCUT2D eigenvalue weighted by Crippen LogP contribution is 2.34. The van der Waals surface area contributed by atoms with Crippen molar-refractivity contribution in [3.63, 3.8) is 0 Å². The molecule has 0 bridgehead atoms. The maximum absolute atomic E-state index is 13.2. The summed E-state index contributed by atoms with van der Waals surface area (Å²) in [4.78, 5) is 32.0. The third kappa shape index (κ3) is 4.10. The third-order valence-electron chi connectivity index (χ3n) is 5.59. The summed E-state index contributed by atoms with van der Waals surface area (Å²) in [5.41, 5.74) is 2.54. The van der Waals surface area contributed by atoms with Crippen molar-refractivity contribution in [2.75, 3.05) is 13.1 Å². The van der Waals surface area contributed by atoms with Crippen molar-refractivity contribution in [3.8, 4) is 0 Å². The van der Waals surface area contributed by atoms with Crippen LogP contribution in [0.1, 0.15) is 49.6 Å². The smallest absolute Gasteiger partial charge is 0.277 e. The van der Waals surface area contributed by atoms with E-state index in [1.165, 1.54) is 23.9 Å². The van der Waals surface area contributed by atoms with Crippen LogP contribution in [0.3, 0.4) is 0 Å². The molecule has 1 aromatic heterocycles. The fourth-order valence-electron chi connectivity index (χ4n) is 4.28. The van der Waals surface area contributed by atoms with Gasteiger partial charge in [0, 0.05) is 30.1 Å². The Morgan fingerprint density at radius 1 is 1.21 bits per heavy atom. The van der Waals surface area contributed by atoms with Crippen molar-refractivity contribution < 1.29 is 9.18 Å². The number of halogens is 1. The molecule has 1 atom stereocenters. The standard InChI is InChI=1S/C22H26FN3O2S/c1-14(2)12-25-11-10-19(21(25)28)26-18-5-3-4-17(18)20(27)24-22(26)29-13-15-6-8-16(23)9-7-15/h6-9,14,19H,3-5,10-13H2,1-2H3. The lowest BCUT2D eigenvalue weighted by molar-refractivity contribution is -0.131. The van der Waals surface area contributed by atoms with Crippen molar-refractivity contribution in [1.82, 2.24) is 14.5 Å². The lowest BCUT2D eigenvalue weighted by Gasteiger charge is -2.23. The predicted octanol–water partition coefficient (Wildman–Crippen LogP) is 3.59. The molecule has 0 N–H and O–H groups in total. The number of likely N-dealkylation sites (tertiary alicyclic amines) is 1. The second kappa shape index (κ2) is 8.30. The number of nitrogens with zero attached hydrogens (tertiary/aromatic N) is 3. The van der Waals surface area contributed by atoms with Gasteiger partial charge in [-0.15, -0.1) is 0 Å². The van der Waals surface area contributed by atoms with Gasteiger partial charge in [-0.25, -0.2) is 4.39 Å². The monoisotopic (exact) mass is 415 g/mol. The molecule has 2 heterocycles. The first kappa shape index (κ1) is 20.1. The molecule has 0 saturated carbocycles. The molecule has 0 spiro atoms. The summed E-state index contributed by atoms with van der Waals surface area (Å²) in [6.45, 7) is 5.72. The molecule has 1 aromatic carbocycles. The van der Waals surface area contributed by atoms with Gasteiger partial charge >= 0.3 is 0 Å². The number of amides is 1. The number of rotatable bonds is 6. The zero-order chi connectivity index (χ0) is 20.5. The topological polar surface area (TPSA) is 55.2 Å². The maximum Gasteiger partial charge on any atom is 0.277 e. The van der Waals surface area contributed by atoms with Gasteiger partial charge in [0.05, 0.1) is 0 Å². The van der Waals surface area contributed by atoms with E-state index in [2.05, 4.69) is 18.8 Å². The molecule has 29 heavy (non-hydrogen) atoms. The summed E-state index contributed by atoms with van der Waals surface area (Å²) in [6.07, 6.45) is 3.22. The summed E-state index contributed by atoms with van der Waals surface area (Å²) in [5.74, 6) is 0.847. The first-order valence-corrected chi connectivity index (χ1v) is 11.2. The maximum atomic E-state index is 13.2. The van der Waals surface area contributed by atoms with Crippen LogP contribution in [0.2, 0.25) is 0 Å². The minimum absolute atomic E-state index is 0.127. The Balaban J connectivity index is 1.67. The number of aromatic nitrogens is 2. The average molecular weight is 416 g/mol. The van der Waals surface area contributed by atoms with Crippen molar-refractivity contribution in [2.24, 2.45) is 5.92 Å². The molecule has 4 rings (SSSR count). The Hall–Kier alpha value is -2.15. The van der Waals surface area contributed by atoms with E-state index in [0.29, 0.717) is 16.8 Å². The molecule has 1 amide bonds. The van der Waals surface area contributed by atoms with E-state index in [-0.39, 0.29) is 23.3 Å². The van der Waals surface area contributed by atoms with E-state index in [0.717, 1.165) is 55.6 Å². The molecular formula is C22H26FN3O2S. The molecule has 5 nitrogen and oxygen atoms in total. The first-order valence-electron chi connectivity index (χ1n) is 10.2. The second-order valence-corrected chi connectivity index (χ2v) is 9.19. The van der Waals surface area contributed by atoms with E-state index >= 15 is 0 Å². The molecule has 1 fully saturated rings. The average Bonchev–Trinajstić information content (AvgIpc) is 3.30. The van der Waals surface area contributed by atoms with E-state index in [1.807, 2.05) is 9.47 Å². The molecule has 2 aliphatic rings. The minimum atomic E-state index is -0.288. The predicted molar refractivity (Wildman–Crippen MR) is 112 cm³/mol. The Bertz CT molecular complexity index is 971. The molecule has 154 valence electrons. The van der Waals surface area contributed by atoms with Crippen LogP contribution < -0.4 is 5.56 Å². The van der Waals surface area contributed by atoms with Crippen molar-refractivity contribution in [3.05, 3.63) is 57.3 Å². The highest BCUT2D eigenvalue weighted by Gasteiger charge is 2.37. The van der Waals surface area contributed by atoms with Crippen LogP contribution in [-0.2, 0) is 23.4 Å². The summed E-state index contributed by atoms with van der Waals surface area (Å²) in [5, 5.41) is 0.602. The highest BCUT2D eigenvalue weighted by atomic mass is 32.2.